The molecule has 0 amide bonds. The van der Waals surface area contributed by atoms with Crippen LogP contribution in [0.4, 0.5) is 23.0 Å². The Morgan fingerprint density at radius 2 is 1.95 bits per heavy atom. The Morgan fingerprint density at radius 1 is 1.20 bits per heavy atom. The van der Waals surface area contributed by atoms with E-state index < -0.39 is 0 Å². The monoisotopic (exact) mass is 271 g/mol. The summed E-state index contributed by atoms with van der Waals surface area (Å²) in [4.78, 5) is 10.4. The van der Waals surface area contributed by atoms with Crippen LogP contribution in [0.25, 0.3) is 0 Å². The zero-order chi connectivity index (χ0) is 14.7. The second-order valence-corrected chi connectivity index (χ2v) is 5.25. The van der Waals surface area contributed by atoms with Gasteiger partial charge in [0.2, 0.25) is 0 Å². The normalized spacial score (nSPS) is 10.7. The molecule has 5 heteroatoms. The fourth-order valence-corrected chi connectivity index (χ4v) is 2.08. The molecule has 0 saturated carbocycles. The average Bonchev–Trinajstić information content (AvgIpc) is 2.38. The number of benzene rings is 1. The van der Waals surface area contributed by atoms with Crippen molar-refractivity contribution >= 4 is 23.0 Å². The van der Waals surface area contributed by atoms with Gasteiger partial charge in [0.1, 0.15) is 18.0 Å². The van der Waals surface area contributed by atoms with E-state index >= 15 is 0 Å². The maximum atomic E-state index is 5.95. The molecule has 0 aliphatic carbocycles. The Balaban J connectivity index is 2.35. The highest BCUT2D eigenvalue weighted by atomic mass is 15.1. The third-order valence-electron chi connectivity index (χ3n) is 3.12. The number of nitrogens with zero attached hydrogens (tertiary/aromatic N) is 3. The summed E-state index contributed by atoms with van der Waals surface area (Å²) < 4.78 is 0. The second kappa shape index (κ2) is 5.77. The number of nitrogen functional groups attached to an aromatic ring is 1. The molecule has 1 aromatic carbocycles. The van der Waals surface area contributed by atoms with E-state index in [0.29, 0.717) is 5.82 Å². The highest BCUT2D eigenvalue weighted by Gasteiger charge is 2.13. The molecule has 0 saturated heterocycles. The molecule has 1 aromatic heterocycles. The molecule has 0 aliphatic heterocycles. The fraction of sp³-hybridized carbons (Fsp3) is 0.333. The van der Waals surface area contributed by atoms with Gasteiger partial charge in [0.05, 0.1) is 0 Å². The fourth-order valence-electron chi connectivity index (χ4n) is 2.08. The topological polar surface area (TPSA) is 67.1 Å². The first-order chi connectivity index (χ1) is 9.49. The summed E-state index contributed by atoms with van der Waals surface area (Å²) in [5.41, 5.74) is 9.01. The average molecular weight is 271 g/mol. The van der Waals surface area contributed by atoms with Crippen LogP contribution in [0.5, 0.6) is 0 Å². The third-order valence-corrected chi connectivity index (χ3v) is 3.12. The summed E-state index contributed by atoms with van der Waals surface area (Å²) >= 11 is 0. The Bertz CT molecular complexity index is 593. The van der Waals surface area contributed by atoms with Gasteiger partial charge in [-0.2, -0.15) is 0 Å². The predicted octanol–water partition coefficient (Wildman–Crippen LogP) is 2.99. The number of nitrogens with two attached hydrogens (primary N) is 1. The highest BCUT2D eigenvalue weighted by Crippen LogP contribution is 2.29. The van der Waals surface area contributed by atoms with Crippen LogP contribution < -0.4 is 16.0 Å². The molecule has 20 heavy (non-hydrogen) atoms. The Labute approximate surface area is 119 Å². The molecule has 0 fully saturated rings. The van der Waals surface area contributed by atoms with E-state index in [4.69, 9.17) is 5.73 Å². The van der Waals surface area contributed by atoms with E-state index in [1.165, 1.54) is 6.33 Å². The van der Waals surface area contributed by atoms with Gasteiger partial charge in [-0.15, -0.1) is 0 Å². The van der Waals surface area contributed by atoms with E-state index in [2.05, 4.69) is 46.2 Å². The molecule has 0 unspecified atom stereocenters. The van der Waals surface area contributed by atoms with E-state index in [-0.39, 0.29) is 5.92 Å². The first kappa shape index (κ1) is 14.1. The Kier molecular flexibility index (Phi) is 4.08. The zero-order valence-electron chi connectivity index (χ0n) is 12.4. The van der Waals surface area contributed by atoms with Crippen molar-refractivity contribution in [1.82, 2.24) is 9.97 Å². The SMILES string of the molecule is CC(C)c1c(N)ncnc1Nc1cccc(N(C)C)c1. The van der Waals surface area contributed by atoms with Crippen molar-refractivity contribution in [2.75, 3.05) is 30.0 Å². The van der Waals surface area contributed by atoms with Crippen LogP contribution in [0.15, 0.2) is 30.6 Å². The minimum atomic E-state index is 0.260. The van der Waals surface area contributed by atoms with Crippen molar-refractivity contribution in [3.63, 3.8) is 0 Å². The summed E-state index contributed by atoms with van der Waals surface area (Å²) in [6.45, 7) is 4.16. The van der Waals surface area contributed by atoms with Crippen molar-refractivity contribution in [2.24, 2.45) is 0 Å². The van der Waals surface area contributed by atoms with Crippen LogP contribution in [0.2, 0.25) is 0 Å². The van der Waals surface area contributed by atoms with E-state index in [1.807, 2.05) is 26.2 Å². The highest BCUT2D eigenvalue weighted by molar-refractivity contribution is 5.67. The first-order valence-corrected chi connectivity index (χ1v) is 6.64. The van der Waals surface area contributed by atoms with Gasteiger partial charge in [-0.1, -0.05) is 19.9 Å². The number of hydrogen-bond donors (Lipinski definition) is 2. The second-order valence-electron chi connectivity index (χ2n) is 5.25. The molecule has 1 heterocycles. The van der Waals surface area contributed by atoms with E-state index in [0.717, 1.165) is 22.8 Å². The zero-order valence-corrected chi connectivity index (χ0v) is 12.4. The van der Waals surface area contributed by atoms with Gasteiger partial charge < -0.3 is 16.0 Å². The molecular formula is C15H21N5. The molecule has 2 rings (SSSR count). The lowest BCUT2D eigenvalue weighted by atomic mass is 10.0. The lowest BCUT2D eigenvalue weighted by molar-refractivity contribution is 0.855. The quantitative estimate of drug-likeness (QED) is 0.894. The van der Waals surface area contributed by atoms with Gasteiger partial charge in [0, 0.05) is 31.0 Å². The van der Waals surface area contributed by atoms with Crippen molar-refractivity contribution in [3.05, 3.63) is 36.2 Å². The molecular weight excluding hydrogens is 250 g/mol. The van der Waals surface area contributed by atoms with Gasteiger partial charge in [-0.05, 0) is 24.1 Å². The third kappa shape index (κ3) is 2.99. The Hall–Kier alpha value is -2.30. The van der Waals surface area contributed by atoms with Crippen molar-refractivity contribution in [2.45, 2.75) is 19.8 Å². The van der Waals surface area contributed by atoms with Crippen LogP contribution in [0.1, 0.15) is 25.3 Å². The standard InChI is InChI=1S/C15H21N5/c1-10(2)13-14(16)17-9-18-15(13)19-11-6-5-7-12(8-11)20(3)4/h5-10H,1-4H3,(H3,16,17,18,19). The number of aromatic nitrogens is 2. The van der Waals surface area contributed by atoms with Gasteiger partial charge in [0.15, 0.2) is 0 Å². The summed E-state index contributed by atoms with van der Waals surface area (Å²) in [5.74, 6) is 1.56. The van der Waals surface area contributed by atoms with E-state index in [9.17, 15) is 0 Å². The molecule has 5 nitrogen and oxygen atoms in total. The molecule has 0 atom stereocenters. The summed E-state index contributed by atoms with van der Waals surface area (Å²) in [7, 11) is 4.03. The number of nitrogens with one attached hydrogen (secondary N) is 1. The minimum absolute atomic E-state index is 0.260. The molecule has 106 valence electrons. The largest absolute Gasteiger partial charge is 0.383 e. The van der Waals surface area contributed by atoms with Crippen LogP contribution in [-0.2, 0) is 0 Å². The van der Waals surface area contributed by atoms with Crippen molar-refractivity contribution in [3.8, 4) is 0 Å². The summed E-state index contributed by atoms with van der Waals surface area (Å²) in [6, 6.07) is 8.15. The van der Waals surface area contributed by atoms with Crippen LogP contribution in [-0.4, -0.2) is 24.1 Å². The molecule has 2 aromatic rings. The van der Waals surface area contributed by atoms with Gasteiger partial charge >= 0.3 is 0 Å². The van der Waals surface area contributed by atoms with Gasteiger partial charge in [0.25, 0.3) is 0 Å². The molecule has 0 spiro atoms. The lowest BCUT2D eigenvalue weighted by Crippen LogP contribution is -2.09. The van der Waals surface area contributed by atoms with Crippen LogP contribution >= 0.6 is 0 Å². The Morgan fingerprint density at radius 3 is 2.60 bits per heavy atom. The van der Waals surface area contributed by atoms with Crippen LogP contribution in [0, 0.1) is 0 Å². The maximum absolute atomic E-state index is 5.95. The number of hydrogen-bond acceptors (Lipinski definition) is 5. The van der Waals surface area contributed by atoms with Gasteiger partial charge in [-0.3, -0.25) is 0 Å². The molecule has 3 N–H and O–H groups in total. The summed E-state index contributed by atoms with van der Waals surface area (Å²) in [6.07, 6.45) is 1.49. The van der Waals surface area contributed by atoms with Crippen molar-refractivity contribution in [1.29, 1.82) is 0 Å². The van der Waals surface area contributed by atoms with Gasteiger partial charge in [-0.25, -0.2) is 9.97 Å². The van der Waals surface area contributed by atoms with Crippen molar-refractivity contribution < 1.29 is 0 Å². The molecule has 0 bridgehead atoms. The van der Waals surface area contributed by atoms with E-state index in [1.54, 1.807) is 0 Å². The molecule has 0 aliphatic rings. The smallest absolute Gasteiger partial charge is 0.139 e. The number of anilines is 4. The summed E-state index contributed by atoms with van der Waals surface area (Å²) in [5, 5.41) is 3.33. The maximum Gasteiger partial charge on any atom is 0.139 e. The minimum Gasteiger partial charge on any atom is -0.383 e. The number of rotatable bonds is 4. The molecule has 0 radical (unpaired) electrons. The predicted molar refractivity (Wildman–Crippen MR) is 84.6 cm³/mol. The van der Waals surface area contributed by atoms with Crippen LogP contribution in [0.3, 0.4) is 0 Å². The lowest BCUT2D eigenvalue weighted by Gasteiger charge is -2.17. The first-order valence-electron chi connectivity index (χ1n) is 6.64.